The molecule has 0 aliphatic carbocycles. The van der Waals surface area contributed by atoms with Crippen molar-refractivity contribution in [3.8, 4) is 0 Å². The number of nitrogens with one attached hydrogen (secondary N) is 2. The number of ether oxygens (including phenoxy) is 1. The lowest BCUT2D eigenvalue weighted by Gasteiger charge is -2.30. The predicted octanol–water partition coefficient (Wildman–Crippen LogP) is 2.97. The Morgan fingerprint density at radius 3 is 2.86 bits per heavy atom. The summed E-state index contributed by atoms with van der Waals surface area (Å²) in [5.74, 6) is -0.0965. The van der Waals surface area contributed by atoms with Crippen LogP contribution in [0.4, 0.5) is 0 Å². The molecule has 21 heavy (non-hydrogen) atoms. The van der Waals surface area contributed by atoms with Gasteiger partial charge in [0, 0.05) is 6.54 Å². The van der Waals surface area contributed by atoms with E-state index in [1.165, 1.54) is 0 Å². The van der Waals surface area contributed by atoms with E-state index in [0.717, 1.165) is 5.56 Å². The highest BCUT2D eigenvalue weighted by molar-refractivity contribution is 6.42. The van der Waals surface area contributed by atoms with Gasteiger partial charge in [-0.3, -0.25) is 4.79 Å². The van der Waals surface area contributed by atoms with E-state index in [1.807, 2.05) is 26.0 Å². The highest BCUT2D eigenvalue weighted by atomic mass is 35.5. The number of amides is 1. The minimum absolute atomic E-state index is 0. The predicted molar refractivity (Wildman–Crippen MR) is 87.5 cm³/mol. The molecule has 1 heterocycles. The fourth-order valence-corrected chi connectivity index (χ4v) is 2.73. The Morgan fingerprint density at radius 2 is 2.19 bits per heavy atom. The lowest BCUT2D eigenvalue weighted by Crippen LogP contribution is -2.55. The van der Waals surface area contributed by atoms with Crippen LogP contribution in [0, 0.1) is 0 Å². The molecule has 1 aromatic carbocycles. The second kappa shape index (κ2) is 8.20. The maximum absolute atomic E-state index is 12.3. The third-order valence-corrected chi connectivity index (χ3v) is 4.24. The Hall–Kier alpha value is -0.520. The molecule has 1 unspecified atom stereocenters. The summed E-state index contributed by atoms with van der Waals surface area (Å²) in [6, 6.07) is 4.83. The molecule has 1 aliphatic heterocycles. The summed E-state index contributed by atoms with van der Waals surface area (Å²) >= 11 is 12.2. The molecule has 118 valence electrons. The third kappa shape index (κ3) is 4.47. The summed E-state index contributed by atoms with van der Waals surface area (Å²) < 4.78 is 5.47. The quantitative estimate of drug-likeness (QED) is 0.878. The monoisotopic (exact) mass is 352 g/mol. The van der Waals surface area contributed by atoms with Gasteiger partial charge in [0.25, 0.3) is 0 Å². The topological polar surface area (TPSA) is 50.4 Å². The molecule has 0 bridgehead atoms. The zero-order valence-corrected chi connectivity index (χ0v) is 14.2. The molecule has 1 aliphatic rings. The molecule has 0 spiro atoms. The number of hydrogen-bond acceptors (Lipinski definition) is 3. The Labute approximate surface area is 140 Å². The van der Waals surface area contributed by atoms with Gasteiger partial charge in [0.2, 0.25) is 5.91 Å². The SMILES string of the molecule is CC(NC(=O)[C@H]1NCCO[C@@H]1C)c1cccc(Cl)c1Cl.Cl. The van der Waals surface area contributed by atoms with Gasteiger partial charge in [-0.2, -0.15) is 0 Å². The molecule has 1 amide bonds. The van der Waals surface area contributed by atoms with Crippen LogP contribution in [0.25, 0.3) is 0 Å². The number of hydrogen-bond donors (Lipinski definition) is 2. The molecule has 2 rings (SSSR count). The summed E-state index contributed by atoms with van der Waals surface area (Å²) in [5.41, 5.74) is 0.803. The van der Waals surface area contributed by atoms with Gasteiger partial charge < -0.3 is 15.4 Å². The van der Waals surface area contributed by atoms with Crippen molar-refractivity contribution in [2.24, 2.45) is 0 Å². The summed E-state index contributed by atoms with van der Waals surface area (Å²) in [7, 11) is 0. The van der Waals surface area contributed by atoms with Crippen molar-refractivity contribution in [2.45, 2.75) is 32.0 Å². The number of morpholine rings is 1. The van der Waals surface area contributed by atoms with Crippen molar-refractivity contribution in [2.75, 3.05) is 13.2 Å². The Balaban J connectivity index is 0.00000220. The minimum atomic E-state index is -0.343. The molecule has 0 saturated carbocycles. The maximum Gasteiger partial charge on any atom is 0.240 e. The molecule has 0 radical (unpaired) electrons. The lowest BCUT2D eigenvalue weighted by molar-refractivity contribution is -0.129. The van der Waals surface area contributed by atoms with Gasteiger partial charge in [0.1, 0.15) is 6.04 Å². The van der Waals surface area contributed by atoms with Gasteiger partial charge in [-0.15, -0.1) is 12.4 Å². The molecular weight excluding hydrogens is 335 g/mol. The molecule has 3 atom stereocenters. The average Bonchev–Trinajstić information content (AvgIpc) is 2.42. The van der Waals surface area contributed by atoms with E-state index >= 15 is 0 Å². The number of rotatable bonds is 3. The molecule has 7 heteroatoms. The minimum Gasteiger partial charge on any atom is -0.375 e. The number of halogens is 3. The molecule has 4 nitrogen and oxygen atoms in total. The van der Waals surface area contributed by atoms with Gasteiger partial charge in [-0.1, -0.05) is 35.3 Å². The Bertz CT molecular complexity index is 499. The van der Waals surface area contributed by atoms with Gasteiger partial charge in [-0.05, 0) is 25.5 Å². The third-order valence-electron chi connectivity index (χ3n) is 3.41. The van der Waals surface area contributed by atoms with Crippen LogP contribution in [0.3, 0.4) is 0 Å². The van der Waals surface area contributed by atoms with Crippen LogP contribution in [-0.2, 0) is 9.53 Å². The van der Waals surface area contributed by atoms with Gasteiger partial charge in [-0.25, -0.2) is 0 Å². The molecule has 0 aromatic heterocycles. The van der Waals surface area contributed by atoms with Crippen LogP contribution < -0.4 is 10.6 Å². The maximum atomic E-state index is 12.3. The number of benzene rings is 1. The van der Waals surface area contributed by atoms with Crippen LogP contribution in [0.15, 0.2) is 18.2 Å². The van der Waals surface area contributed by atoms with Crippen molar-refractivity contribution in [1.82, 2.24) is 10.6 Å². The first-order valence-electron chi connectivity index (χ1n) is 6.60. The smallest absolute Gasteiger partial charge is 0.240 e. The van der Waals surface area contributed by atoms with E-state index in [9.17, 15) is 4.79 Å². The van der Waals surface area contributed by atoms with E-state index in [1.54, 1.807) is 6.07 Å². The van der Waals surface area contributed by atoms with Crippen LogP contribution in [-0.4, -0.2) is 31.2 Å². The zero-order valence-electron chi connectivity index (χ0n) is 11.9. The molecule has 1 fully saturated rings. The normalized spacial score (nSPS) is 23.0. The number of carbonyl (C=O) groups excluding carboxylic acids is 1. The largest absolute Gasteiger partial charge is 0.375 e. The van der Waals surface area contributed by atoms with Crippen molar-refractivity contribution in [3.63, 3.8) is 0 Å². The molecule has 1 saturated heterocycles. The van der Waals surface area contributed by atoms with E-state index in [-0.39, 0.29) is 36.5 Å². The van der Waals surface area contributed by atoms with Gasteiger partial charge >= 0.3 is 0 Å². The summed E-state index contributed by atoms with van der Waals surface area (Å²) in [6.07, 6.45) is -0.147. The molecule has 2 N–H and O–H groups in total. The lowest BCUT2D eigenvalue weighted by atomic mass is 10.1. The average molecular weight is 354 g/mol. The fourth-order valence-electron chi connectivity index (χ4n) is 2.26. The summed E-state index contributed by atoms with van der Waals surface area (Å²) in [6.45, 7) is 5.06. The zero-order chi connectivity index (χ0) is 14.7. The van der Waals surface area contributed by atoms with E-state index < -0.39 is 0 Å². The van der Waals surface area contributed by atoms with Crippen LogP contribution in [0.2, 0.25) is 10.0 Å². The molecular formula is C14H19Cl3N2O2. The second-order valence-corrected chi connectivity index (χ2v) is 5.67. The van der Waals surface area contributed by atoms with Crippen LogP contribution in [0.5, 0.6) is 0 Å². The first-order valence-corrected chi connectivity index (χ1v) is 7.35. The summed E-state index contributed by atoms with van der Waals surface area (Å²) in [5, 5.41) is 7.05. The Morgan fingerprint density at radius 1 is 1.48 bits per heavy atom. The highest BCUT2D eigenvalue weighted by Crippen LogP contribution is 2.29. The standard InChI is InChI=1S/C14H18Cl2N2O2.ClH/c1-8(10-4-3-5-11(15)12(10)16)18-14(19)13-9(2)20-7-6-17-13;/h3-5,8-9,13,17H,6-7H2,1-2H3,(H,18,19);1H/t8?,9-,13+;/m1./s1. The van der Waals surface area contributed by atoms with Crippen molar-refractivity contribution >= 4 is 41.5 Å². The Kier molecular flexibility index (Phi) is 7.24. The van der Waals surface area contributed by atoms with Crippen molar-refractivity contribution in [1.29, 1.82) is 0 Å². The van der Waals surface area contributed by atoms with Gasteiger partial charge in [0.05, 0.1) is 28.8 Å². The van der Waals surface area contributed by atoms with E-state index in [0.29, 0.717) is 23.2 Å². The number of carbonyl (C=O) groups is 1. The second-order valence-electron chi connectivity index (χ2n) is 4.88. The van der Waals surface area contributed by atoms with E-state index in [4.69, 9.17) is 27.9 Å². The van der Waals surface area contributed by atoms with Crippen molar-refractivity contribution < 1.29 is 9.53 Å². The first kappa shape index (κ1) is 18.5. The van der Waals surface area contributed by atoms with Crippen molar-refractivity contribution in [3.05, 3.63) is 33.8 Å². The van der Waals surface area contributed by atoms with Crippen LogP contribution >= 0.6 is 35.6 Å². The molecule has 1 aromatic rings. The van der Waals surface area contributed by atoms with E-state index in [2.05, 4.69) is 10.6 Å². The highest BCUT2D eigenvalue weighted by Gasteiger charge is 2.29. The van der Waals surface area contributed by atoms with Crippen LogP contribution in [0.1, 0.15) is 25.5 Å². The summed E-state index contributed by atoms with van der Waals surface area (Å²) in [4.78, 5) is 12.3. The van der Waals surface area contributed by atoms with Gasteiger partial charge in [0.15, 0.2) is 0 Å². The fraction of sp³-hybridized carbons (Fsp3) is 0.500. The first-order chi connectivity index (χ1) is 9.50.